The van der Waals surface area contributed by atoms with Crippen molar-refractivity contribution in [3.63, 3.8) is 0 Å². The first kappa shape index (κ1) is 15.1. The van der Waals surface area contributed by atoms with E-state index in [0.717, 1.165) is 12.8 Å². The lowest BCUT2D eigenvalue weighted by molar-refractivity contribution is -0.150. The Morgan fingerprint density at radius 2 is 2.20 bits per heavy atom. The van der Waals surface area contributed by atoms with Gasteiger partial charge in [-0.25, -0.2) is 9.59 Å². The topological polar surface area (TPSA) is 88.1 Å². The largest absolute Gasteiger partial charge is 0.480 e. The summed E-state index contributed by atoms with van der Waals surface area (Å²) in [6.45, 7) is 3.97. The van der Waals surface area contributed by atoms with Gasteiger partial charge in [0.1, 0.15) is 5.54 Å². The molecule has 0 aromatic carbocycles. The number of ether oxygens (including phenoxy) is 2. The molecular weight excluding hydrogens is 264 g/mol. The fourth-order valence-corrected chi connectivity index (χ4v) is 2.62. The van der Waals surface area contributed by atoms with Crippen LogP contribution in [0.5, 0.6) is 0 Å². The van der Waals surface area contributed by atoms with E-state index in [0.29, 0.717) is 39.3 Å². The zero-order valence-corrected chi connectivity index (χ0v) is 11.8. The van der Waals surface area contributed by atoms with Crippen molar-refractivity contribution < 1.29 is 24.2 Å². The smallest absolute Gasteiger partial charge is 0.329 e. The number of likely N-dealkylation sites (tertiary alicyclic amines) is 1. The van der Waals surface area contributed by atoms with Crippen LogP contribution >= 0.6 is 0 Å². The summed E-state index contributed by atoms with van der Waals surface area (Å²) in [5.74, 6) is -0.954. The van der Waals surface area contributed by atoms with E-state index in [1.54, 1.807) is 6.92 Å². The molecule has 2 atom stereocenters. The summed E-state index contributed by atoms with van der Waals surface area (Å²) in [7, 11) is 0. The predicted octanol–water partition coefficient (Wildman–Crippen LogP) is 0.441. The van der Waals surface area contributed by atoms with E-state index in [4.69, 9.17) is 9.47 Å². The van der Waals surface area contributed by atoms with Gasteiger partial charge < -0.3 is 24.8 Å². The Morgan fingerprint density at radius 3 is 2.85 bits per heavy atom. The molecule has 0 aromatic heterocycles. The second-order valence-electron chi connectivity index (χ2n) is 5.44. The van der Waals surface area contributed by atoms with E-state index < -0.39 is 11.5 Å². The van der Waals surface area contributed by atoms with Gasteiger partial charge in [-0.3, -0.25) is 0 Å². The van der Waals surface area contributed by atoms with Crippen LogP contribution in [0.1, 0.15) is 26.2 Å². The van der Waals surface area contributed by atoms with Crippen LogP contribution in [-0.4, -0.2) is 66.6 Å². The van der Waals surface area contributed by atoms with Gasteiger partial charge in [0.15, 0.2) is 0 Å². The molecule has 2 rings (SSSR count). The van der Waals surface area contributed by atoms with E-state index in [-0.39, 0.29) is 12.1 Å². The number of urea groups is 1. The lowest BCUT2D eigenvalue weighted by Crippen LogP contribution is -2.60. The molecule has 0 saturated carbocycles. The number of carboxylic acid groups (broad SMARTS) is 1. The summed E-state index contributed by atoms with van der Waals surface area (Å²) in [5, 5.41) is 12.1. The van der Waals surface area contributed by atoms with E-state index in [1.165, 1.54) is 4.90 Å². The van der Waals surface area contributed by atoms with E-state index in [9.17, 15) is 14.7 Å². The van der Waals surface area contributed by atoms with Gasteiger partial charge >= 0.3 is 12.0 Å². The predicted molar refractivity (Wildman–Crippen MR) is 70.6 cm³/mol. The van der Waals surface area contributed by atoms with Crippen LogP contribution in [-0.2, 0) is 14.3 Å². The van der Waals surface area contributed by atoms with Crippen molar-refractivity contribution >= 4 is 12.0 Å². The fraction of sp³-hybridized carbons (Fsp3) is 0.846. The second kappa shape index (κ2) is 6.41. The molecule has 20 heavy (non-hydrogen) atoms. The van der Waals surface area contributed by atoms with Crippen LogP contribution in [0.3, 0.4) is 0 Å². The van der Waals surface area contributed by atoms with E-state index >= 15 is 0 Å². The summed E-state index contributed by atoms with van der Waals surface area (Å²) < 4.78 is 10.7. The monoisotopic (exact) mass is 286 g/mol. The van der Waals surface area contributed by atoms with Crippen LogP contribution in [0.15, 0.2) is 0 Å². The number of amides is 2. The average molecular weight is 286 g/mol. The molecule has 2 fully saturated rings. The lowest BCUT2D eigenvalue weighted by atomic mass is 9.89. The third-order valence-electron chi connectivity index (χ3n) is 3.96. The van der Waals surface area contributed by atoms with Gasteiger partial charge in [0, 0.05) is 13.1 Å². The van der Waals surface area contributed by atoms with Gasteiger partial charge in [-0.1, -0.05) is 0 Å². The Morgan fingerprint density at radius 1 is 1.40 bits per heavy atom. The first-order chi connectivity index (χ1) is 9.54. The summed E-state index contributed by atoms with van der Waals surface area (Å²) >= 11 is 0. The molecule has 2 aliphatic rings. The highest BCUT2D eigenvalue weighted by atomic mass is 16.6. The Hall–Kier alpha value is -1.34. The quantitative estimate of drug-likeness (QED) is 0.786. The van der Waals surface area contributed by atoms with Crippen molar-refractivity contribution in [2.75, 3.05) is 32.9 Å². The van der Waals surface area contributed by atoms with Crippen LogP contribution in [0, 0.1) is 0 Å². The molecule has 2 aliphatic heterocycles. The van der Waals surface area contributed by atoms with Crippen molar-refractivity contribution in [1.29, 1.82) is 0 Å². The van der Waals surface area contributed by atoms with Gasteiger partial charge in [-0.2, -0.15) is 0 Å². The number of carbonyl (C=O) groups is 2. The Bertz CT molecular complexity index is 370. The molecule has 2 amide bonds. The molecule has 7 heteroatoms. The molecule has 0 aromatic rings. The van der Waals surface area contributed by atoms with Crippen molar-refractivity contribution in [2.24, 2.45) is 0 Å². The number of hydrogen-bond acceptors (Lipinski definition) is 4. The first-order valence-electron chi connectivity index (χ1n) is 7.02. The minimum Gasteiger partial charge on any atom is -0.480 e. The number of rotatable bonds is 3. The van der Waals surface area contributed by atoms with Crippen LogP contribution < -0.4 is 5.32 Å². The minimum atomic E-state index is -1.12. The van der Waals surface area contributed by atoms with Crippen molar-refractivity contribution in [2.45, 2.75) is 37.8 Å². The van der Waals surface area contributed by atoms with Crippen molar-refractivity contribution in [1.82, 2.24) is 10.2 Å². The molecule has 0 bridgehead atoms. The Kier molecular flexibility index (Phi) is 4.82. The highest BCUT2D eigenvalue weighted by Gasteiger charge is 2.44. The first-order valence-corrected chi connectivity index (χ1v) is 7.02. The molecular formula is C13H22N2O5. The van der Waals surface area contributed by atoms with E-state index in [2.05, 4.69) is 5.32 Å². The molecule has 2 heterocycles. The summed E-state index contributed by atoms with van der Waals surface area (Å²) in [4.78, 5) is 25.1. The number of nitrogens with one attached hydrogen (secondary N) is 1. The maximum atomic E-state index is 12.2. The molecule has 0 radical (unpaired) electrons. The number of hydrogen-bond donors (Lipinski definition) is 2. The standard InChI is InChI=1S/C13H22N2O5/c1-13(11(16)17)4-2-3-5-15(13)12(18)14-8-10-9-19-6-7-20-10/h10H,2-9H2,1H3,(H,14,18)(H,16,17). The van der Waals surface area contributed by atoms with E-state index in [1.807, 2.05) is 0 Å². The fourth-order valence-electron chi connectivity index (χ4n) is 2.62. The van der Waals surface area contributed by atoms with Crippen LogP contribution in [0.25, 0.3) is 0 Å². The average Bonchev–Trinajstić information content (AvgIpc) is 2.46. The molecule has 2 saturated heterocycles. The highest BCUT2D eigenvalue weighted by Crippen LogP contribution is 2.28. The highest BCUT2D eigenvalue weighted by molar-refractivity contribution is 5.86. The maximum Gasteiger partial charge on any atom is 0.329 e. The zero-order chi connectivity index (χ0) is 14.6. The number of carboxylic acids is 1. The number of carbonyl (C=O) groups excluding carboxylic acids is 1. The molecule has 0 spiro atoms. The maximum absolute atomic E-state index is 12.2. The van der Waals surface area contributed by atoms with Crippen molar-refractivity contribution in [3.05, 3.63) is 0 Å². The van der Waals surface area contributed by atoms with Gasteiger partial charge in [-0.15, -0.1) is 0 Å². The second-order valence-corrected chi connectivity index (χ2v) is 5.44. The molecule has 2 unspecified atom stereocenters. The van der Waals surface area contributed by atoms with Gasteiger partial charge in [0.2, 0.25) is 0 Å². The summed E-state index contributed by atoms with van der Waals surface area (Å²) in [5.41, 5.74) is -1.12. The Labute approximate surface area is 118 Å². The molecule has 114 valence electrons. The van der Waals surface area contributed by atoms with Crippen molar-refractivity contribution in [3.8, 4) is 0 Å². The molecule has 0 aliphatic carbocycles. The summed E-state index contributed by atoms with van der Waals surface area (Å²) in [6.07, 6.45) is 1.98. The van der Waals surface area contributed by atoms with Gasteiger partial charge in [-0.05, 0) is 26.2 Å². The number of nitrogens with zero attached hydrogens (tertiary/aromatic N) is 1. The van der Waals surface area contributed by atoms with Gasteiger partial charge in [0.05, 0.1) is 25.9 Å². The van der Waals surface area contributed by atoms with Crippen LogP contribution in [0.2, 0.25) is 0 Å². The van der Waals surface area contributed by atoms with Gasteiger partial charge in [0.25, 0.3) is 0 Å². The van der Waals surface area contributed by atoms with Crippen LogP contribution in [0.4, 0.5) is 4.79 Å². The zero-order valence-electron chi connectivity index (χ0n) is 11.8. The normalized spacial score (nSPS) is 30.9. The minimum absolute atomic E-state index is 0.159. The molecule has 2 N–H and O–H groups in total. The third kappa shape index (κ3) is 3.21. The number of aliphatic carboxylic acids is 1. The third-order valence-corrected chi connectivity index (χ3v) is 3.96. The Balaban J connectivity index is 1.90. The number of piperidine rings is 1. The summed E-state index contributed by atoms with van der Waals surface area (Å²) in [6, 6.07) is -0.344. The molecule has 7 nitrogen and oxygen atoms in total. The SMILES string of the molecule is CC1(C(=O)O)CCCCN1C(=O)NCC1COCCO1. The lowest BCUT2D eigenvalue weighted by Gasteiger charge is -2.41.